The summed E-state index contributed by atoms with van der Waals surface area (Å²) in [6.45, 7) is 1.23. The van der Waals surface area contributed by atoms with Crippen LogP contribution in [0.3, 0.4) is 0 Å². The number of esters is 1. The van der Waals surface area contributed by atoms with Crippen molar-refractivity contribution in [3.05, 3.63) is 41.4 Å². The van der Waals surface area contributed by atoms with Crippen molar-refractivity contribution in [2.24, 2.45) is 5.92 Å². The Morgan fingerprint density at radius 3 is 2.96 bits per heavy atom. The van der Waals surface area contributed by atoms with E-state index in [9.17, 15) is 9.59 Å². The van der Waals surface area contributed by atoms with E-state index in [1.807, 2.05) is 23.1 Å². The molecule has 27 heavy (non-hydrogen) atoms. The Kier molecular flexibility index (Phi) is 5.53. The highest BCUT2D eigenvalue weighted by molar-refractivity contribution is 7.18. The molecule has 2 aliphatic rings. The van der Waals surface area contributed by atoms with Crippen molar-refractivity contribution < 1.29 is 14.3 Å². The number of rotatable bonds is 5. The first-order chi connectivity index (χ1) is 13.2. The topological polar surface area (TPSA) is 59.5 Å². The number of amides is 1. The van der Waals surface area contributed by atoms with E-state index in [0.29, 0.717) is 13.0 Å². The summed E-state index contributed by atoms with van der Waals surface area (Å²) in [5, 5.41) is 1.10. The lowest BCUT2D eigenvalue weighted by Gasteiger charge is -2.31. The first-order valence-electron chi connectivity index (χ1n) is 9.64. The molecule has 2 aromatic rings. The van der Waals surface area contributed by atoms with Gasteiger partial charge in [-0.05, 0) is 43.7 Å². The van der Waals surface area contributed by atoms with Crippen LogP contribution in [0.4, 0.5) is 0 Å². The van der Waals surface area contributed by atoms with E-state index in [2.05, 4.69) is 18.2 Å². The molecule has 2 atom stereocenters. The minimum atomic E-state index is -0.278. The van der Waals surface area contributed by atoms with Gasteiger partial charge in [-0.3, -0.25) is 9.59 Å². The molecule has 0 spiro atoms. The maximum Gasteiger partial charge on any atom is 0.306 e. The molecule has 0 radical (unpaired) electrons. The SMILES string of the molecule is O=C(C[C@@H]1C=CCC1)OCC(=O)N1CCC[C@@H](c2nc3ccccc3s2)C1. The number of ether oxygens (including phenoxy) is 1. The molecule has 1 aromatic carbocycles. The minimum absolute atomic E-state index is 0.101. The van der Waals surface area contributed by atoms with Gasteiger partial charge in [-0.25, -0.2) is 4.98 Å². The van der Waals surface area contributed by atoms with Gasteiger partial charge in [-0.2, -0.15) is 0 Å². The highest BCUT2D eigenvalue weighted by Gasteiger charge is 2.27. The Morgan fingerprint density at radius 1 is 1.26 bits per heavy atom. The van der Waals surface area contributed by atoms with E-state index in [4.69, 9.17) is 9.72 Å². The normalized spacial score (nSPS) is 22.3. The van der Waals surface area contributed by atoms with Crippen LogP contribution >= 0.6 is 11.3 Å². The average Bonchev–Trinajstić information content (AvgIpc) is 3.35. The van der Waals surface area contributed by atoms with Crippen molar-refractivity contribution in [3.63, 3.8) is 0 Å². The van der Waals surface area contributed by atoms with Gasteiger partial charge in [0.2, 0.25) is 0 Å². The molecule has 4 rings (SSSR count). The summed E-state index contributed by atoms with van der Waals surface area (Å²) in [6, 6.07) is 8.14. The molecular weight excluding hydrogens is 360 g/mol. The summed E-state index contributed by atoms with van der Waals surface area (Å²) in [5.41, 5.74) is 1.02. The molecule has 2 heterocycles. The Hall–Kier alpha value is -2.21. The van der Waals surface area contributed by atoms with Crippen molar-refractivity contribution in [1.29, 1.82) is 0 Å². The molecule has 142 valence electrons. The van der Waals surface area contributed by atoms with E-state index in [1.54, 1.807) is 11.3 Å². The number of benzene rings is 1. The third-order valence-corrected chi connectivity index (χ3v) is 6.53. The second-order valence-corrected chi connectivity index (χ2v) is 8.39. The van der Waals surface area contributed by atoms with Crippen LogP contribution in [-0.2, 0) is 14.3 Å². The van der Waals surface area contributed by atoms with Crippen LogP contribution in [0.25, 0.3) is 10.2 Å². The third-order valence-electron chi connectivity index (χ3n) is 5.33. The van der Waals surface area contributed by atoms with E-state index >= 15 is 0 Å². The number of likely N-dealkylation sites (tertiary alicyclic amines) is 1. The van der Waals surface area contributed by atoms with Crippen LogP contribution in [0.2, 0.25) is 0 Å². The summed E-state index contributed by atoms with van der Waals surface area (Å²) < 4.78 is 6.42. The number of fused-ring (bicyclic) bond motifs is 1. The summed E-state index contributed by atoms with van der Waals surface area (Å²) >= 11 is 1.71. The molecule has 1 aliphatic heterocycles. The number of hydrogen-bond acceptors (Lipinski definition) is 5. The van der Waals surface area contributed by atoms with Crippen molar-refractivity contribution in [3.8, 4) is 0 Å². The Labute approximate surface area is 163 Å². The molecule has 1 fully saturated rings. The second kappa shape index (κ2) is 8.21. The maximum absolute atomic E-state index is 12.5. The molecule has 1 aromatic heterocycles. The van der Waals surface area contributed by atoms with Crippen LogP contribution in [0.5, 0.6) is 0 Å². The van der Waals surface area contributed by atoms with Crippen molar-refractivity contribution in [1.82, 2.24) is 9.88 Å². The smallest absolute Gasteiger partial charge is 0.306 e. The van der Waals surface area contributed by atoms with Gasteiger partial charge in [0, 0.05) is 19.0 Å². The van der Waals surface area contributed by atoms with Crippen LogP contribution in [0.1, 0.15) is 43.0 Å². The van der Waals surface area contributed by atoms with Gasteiger partial charge in [0.1, 0.15) is 0 Å². The second-order valence-electron chi connectivity index (χ2n) is 7.33. The molecule has 1 aliphatic carbocycles. The van der Waals surface area contributed by atoms with Gasteiger partial charge >= 0.3 is 5.97 Å². The van der Waals surface area contributed by atoms with Crippen LogP contribution < -0.4 is 0 Å². The van der Waals surface area contributed by atoms with Gasteiger partial charge in [0.15, 0.2) is 6.61 Å². The van der Waals surface area contributed by atoms with E-state index in [0.717, 1.165) is 42.8 Å². The molecule has 5 nitrogen and oxygen atoms in total. The number of carbonyl (C=O) groups excluding carboxylic acids is 2. The predicted octanol–water partition coefficient (Wildman–Crippen LogP) is 3.90. The summed E-state index contributed by atoms with van der Waals surface area (Å²) in [6.07, 6.45) is 8.55. The monoisotopic (exact) mass is 384 g/mol. The Morgan fingerprint density at radius 2 is 2.15 bits per heavy atom. The number of carbonyl (C=O) groups is 2. The van der Waals surface area contributed by atoms with Gasteiger partial charge in [-0.15, -0.1) is 11.3 Å². The third kappa shape index (κ3) is 4.38. The number of nitrogens with zero attached hydrogens (tertiary/aromatic N) is 2. The predicted molar refractivity (Wildman–Crippen MR) is 106 cm³/mol. The van der Waals surface area contributed by atoms with Crippen LogP contribution in [0.15, 0.2) is 36.4 Å². The number of allylic oxidation sites excluding steroid dienone is 2. The zero-order valence-electron chi connectivity index (χ0n) is 15.3. The van der Waals surface area contributed by atoms with Gasteiger partial charge in [-0.1, -0.05) is 24.3 Å². The molecule has 0 bridgehead atoms. The lowest BCUT2D eigenvalue weighted by Crippen LogP contribution is -2.41. The number of aromatic nitrogens is 1. The average molecular weight is 385 g/mol. The lowest BCUT2D eigenvalue weighted by atomic mass is 9.99. The number of thiazole rings is 1. The van der Waals surface area contributed by atoms with Crippen molar-refractivity contribution >= 4 is 33.4 Å². The van der Waals surface area contributed by atoms with Gasteiger partial charge in [0.05, 0.1) is 21.6 Å². The number of para-hydroxylation sites is 1. The van der Waals surface area contributed by atoms with Crippen LogP contribution in [-0.4, -0.2) is 41.5 Å². The molecule has 0 unspecified atom stereocenters. The van der Waals surface area contributed by atoms with E-state index < -0.39 is 0 Å². The zero-order chi connectivity index (χ0) is 18.6. The van der Waals surface area contributed by atoms with Crippen LogP contribution in [0, 0.1) is 5.92 Å². The largest absolute Gasteiger partial charge is 0.456 e. The maximum atomic E-state index is 12.5. The minimum Gasteiger partial charge on any atom is -0.456 e. The highest BCUT2D eigenvalue weighted by atomic mass is 32.1. The summed E-state index contributed by atoms with van der Waals surface area (Å²) in [7, 11) is 0. The molecule has 0 N–H and O–H groups in total. The fraction of sp³-hybridized carbons (Fsp3) is 0.476. The number of hydrogen-bond donors (Lipinski definition) is 0. The molecule has 1 amide bonds. The Balaban J connectivity index is 1.31. The van der Waals surface area contributed by atoms with Gasteiger partial charge in [0.25, 0.3) is 5.91 Å². The lowest BCUT2D eigenvalue weighted by molar-refractivity contribution is -0.153. The fourth-order valence-electron chi connectivity index (χ4n) is 3.84. The molecule has 6 heteroatoms. The first kappa shape index (κ1) is 18.2. The fourth-order valence-corrected chi connectivity index (χ4v) is 4.93. The van der Waals surface area contributed by atoms with Gasteiger partial charge < -0.3 is 9.64 Å². The van der Waals surface area contributed by atoms with Crippen molar-refractivity contribution in [2.75, 3.05) is 19.7 Å². The highest BCUT2D eigenvalue weighted by Crippen LogP contribution is 2.33. The molecule has 1 saturated heterocycles. The number of piperidine rings is 1. The van der Waals surface area contributed by atoms with E-state index in [1.165, 1.54) is 4.70 Å². The van der Waals surface area contributed by atoms with Crippen molar-refractivity contribution in [2.45, 2.75) is 38.0 Å². The summed E-state index contributed by atoms with van der Waals surface area (Å²) in [4.78, 5) is 31.0. The standard InChI is InChI=1S/C21H24N2O3S/c24-19(14-26-20(25)12-15-6-1-2-7-15)23-11-5-8-16(13-23)21-22-17-9-3-4-10-18(17)27-21/h1,3-4,6,9-10,15-16H,2,5,7-8,11-14H2/t15-,16-/m1/s1. The Bertz CT molecular complexity index is 827. The first-order valence-corrected chi connectivity index (χ1v) is 10.5. The summed E-state index contributed by atoms with van der Waals surface area (Å²) in [5.74, 6) is 0.154. The molecule has 0 saturated carbocycles. The molecular formula is C21H24N2O3S. The quantitative estimate of drug-likeness (QED) is 0.579. The van der Waals surface area contributed by atoms with E-state index in [-0.39, 0.29) is 30.3 Å². The zero-order valence-corrected chi connectivity index (χ0v) is 16.1.